The number of alkyl halides is 6. The molecule has 3 nitrogen and oxygen atoms in total. The minimum Gasteiger partial charge on any atom is -0.672 e. The summed E-state index contributed by atoms with van der Waals surface area (Å²) in [5, 5.41) is 0. The van der Waals surface area contributed by atoms with E-state index in [0.29, 0.717) is 0 Å². The van der Waals surface area contributed by atoms with Crippen LogP contribution in [0.1, 0.15) is 16.8 Å². The largest absolute Gasteiger partial charge is 0.672 e. The van der Waals surface area contributed by atoms with Crippen molar-refractivity contribution in [3.05, 3.63) is 77.2 Å². The second-order valence-electron chi connectivity index (χ2n) is 5.86. The van der Waals surface area contributed by atoms with Crippen molar-refractivity contribution in [2.75, 3.05) is 0 Å². The molecule has 0 unspecified atom stereocenters. The van der Waals surface area contributed by atoms with E-state index in [4.69, 9.17) is 5.73 Å². The van der Waals surface area contributed by atoms with Crippen molar-refractivity contribution < 1.29 is 26.3 Å². The molecule has 0 saturated carbocycles. The summed E-state index contributed by atoms with van der Waals surface area (Å²) in [5.41, 5.74) is 6.00. The Morgan fingerprint density at radius 1 is 0.786 bits per heavy atom. The molecule has 0 bridgehead atoms. The zero-order valence-corrected chi connectivity index (χ0v) is 14.1. The van der Waals surface area contributed by atoms with Crippen LogP contribution in [0.3, 0.4) is 0 Å². The molecule has 3 rings (SSSR count). The normalized spacial score (nSPS) is 12.2. The third-order valence-corrected chi connectivity index (χ3v) is 3.94. The number of nitrogens with one attached hydrogen (secondary N) is 1. The lowest BCUT2D eigenvalue weighted by molar-refractivity contribution is -0.138. The number of hydrogen-bond donors (Lipinski definition) is 0. The predicted octanol–water partition coefficient (Wildman–Crippen LogP) is 6.40. The first-order chi connectivity index (χ1) is 13.1. The molecule has 9 heteroatoms. The van der Waals surface area contributed by atoms with E-state index >= 15 is 0 Å². The van der Waals surface area contributed by atoms with Crippen LogP contribution < -0.4 is 0 Å². The molecule has 0 aliphatic rings. The van der Waals surface area contributed by atoms with Gasteiger partial charge in [0.15, 0.2) is 5.82 Å². The highest BCUT2D eigenvalue weighted by molar-refractivity contribution is 5.67. The molecule has 0 spiro atoms. The van der Waals surface area contributed by atoms with Crippen molar-refractivity contribution in [3.8, 4) is 22.6 Å². The molecule has 0 amide bonds. The van der Waals surface area contributed by atoms with Crippen LogP contribution in [0, 0.1) is 0 Å². The summed E-state index contributed by atoms with van der Waals surface area (Å²) in [6.45, 7) is -0.322. The quantitative estimate of drug-likeness (QED) is 0.481. The van der Waals surface area contributed by atoms with Gasteiger partial charge in [0.2, 0.25) is 0 Å². The Morgan fingerprint density at radius 2 is 1.43 bits per heavy atom. The zero-order valence-electron chi connectivity index (χ0n) is 14.1. The highest BCUT2D eigenvalue weighted by Gasteiger charge is 2.34. The molecule has 1 aromatic heterocycles. The van der Waals surface area contributed by atoms with Gasteiger partial charge in [0.1, 0.15) is 0 Å². The van der Waals surface area contributed by atoms with Gasteiger partial charge in [0.25, 0.3) is 0 Å². The minimum absolute atomic E-state index is 0.137. The van der Waals surface area contributed by atoms with Crippen LogP contribution in [-0.4, -0.2) is 9.97 Å². The molecule has 1 heterocycles. The van der Waals surface area contributed by atoms with E-state index in [9.17, 15) is 26.3 Å². The van der Waals surface area contributed by atoms with Crippen LogP contribution in [0.5, 0.6) is 0 Å². The average Bonchev–Trinajstić information content (AvgIpc) is 2.66. The second-order valence-corrected chi connectivity index (χ2v) is 5.86. The van der Waals surface area contributed by atoms with E-state index in [0.717, 1.165) is 18.2 Å². The van der Waals surface area contributed by atoms with E-state index in [2.05, 4.69) is 9.97 Å². The van der Waals surface area contributed by atoms with Crippen molar-refractivity contribution >= 4 is 0 Å². The topological polar surface area (TPSA) is 49.6 Å². The second kappa shape index (κ2) is 7.23. The molecule has 0 fully saturated rings. The van der Waals surface area contributed by atoms with Crippen molar-refractivity contribution in [1.82, 2.24) is 9.97 Å². The number of nitrogens with zero attached hydrogens (tertiary/aromatic N) is 2. The molecule has 0 atom stereocenters. The first-order valence-corrected chi connectivity index (χ1v) is 7.96. The maximum atomic E-state index is 13.3. The first-order valence-electron chi connectivity index (χ1n) is 7.96. The van der Waals surface area contributed by atoms with Crippen LogP contribution in [0.4, 0.5) is 26.3 Å². The van der Waals surface area contributed by atoms with Crippen LogP contribution >= 0.6 is 0 Å². The van der Waals surface area contributed by atoms with Gasteiger partial charge < -0.3 is 5.73 Å². The third-order valence-electron chi connectivity index (χ3n) is 3.94. The highest BCUT2D eigenvalue weighted by Crippen LogP contribution is 2.36. The fourth-order valence-electron chi connectivity index (χ4n) is 2.61. The average molecular weight is 396 g/mol. The molecule has 0 radical (unpaired) electrons. The van der Waals surface area contributed by atoms with Crippen LogP contribution in [-0.2, 0) is 18.9 Å². The van der Waals surface area contributed by atoms with Crippen LogP contribution in [0.25, 0.3) is 28.4 Å². The standard InChI is InChI=1S/C19H12F6N3/c20-18(21,22)12-7-5-11(6-8-12)16-9-13(10-26)27-17(28-16)14-3-1-2-4-15(14)19(23,24)25/h1-9,26H,10H2/q-1. The molecular formula is C19H12F6N3-. The molecular weight excluding hydrogens is 384 g/mol. The van der Waals surface area contributed by atoms with Gasteiger partial charge in [-0.05, 0) is 24.3 Å². The van der Waals surface area contributed by atoms with Crippen LogP contribution in [0.2, 0.25) is 0 Å². The Bertz CT molecular complexity index is 978. The number of aromatic nitrogens is 2. The number of rotatable bonds is 3. The lowest BCUT2D eigenvalue weighted by Crippen LogP contribution is -2.09. The fourth-order valence-corrected chi connectivity index (χ4v) is 2.61. The number of halogens is 6. The Balaban J connectivity index is 2.12. The molecule has 28 heavy (non-hydrogen) atoms. The lowest BCUT2D eigenvalue weighted by Gasteiger charge is -2.14. The van der Waals surface area contributed by atoms with Gasteiger partial charge in [-0.2, -0.15) is 26.3 Å². The van der Waals surface area contributed by atoms with Crippen molar-refractivity contribution in [1.29, 1.82) is 0 Å². The zero-order chi connectivity index (χ0) is 20.5. The Morgan fingerprint density at radius 3 is 2.00 bits per heavy atom. The van der Waals surface area contributed by atoms with Gasteiger partial charge in [-0.15, -0.1) is 6.54 Å². The first kappa shape index (κ1) is 19.8. The maximum Gasteiger partial charge on any atom is 0.417 e. The maximum absolute atomic E-state index is 13.3. The van der Waals surface area contributed by atoms with E-state index in [1.807, 2.05) is 0 Å². The van der Waals surface area contributed by atoms with Gasteiger partial charge >= 0.3 is 12.4 Å². The molecule has 0 aliphatic carbocycles. The summed E-state index contributed by atoms with van der Waals surface area (Å²) in [6.07, 6.45) is -9.14. The van der Waals surface area contributed by atoms with E-state index in [1.165, 1.54) is 36.4 Å². The lowest BCUT2D eigenvalue weighted by atomic mass is 10.0. The molecule has 0 aliphatic heterocycles. The van der Waals surface area contributed by atoms with Crippen molar-refractivity contribution in [2.45, 2.75) is 18.9 Å². The third kappa shape index (κ3) is 4.14. The van der Waals surface area contributed by atoms with Crippen LogP contribution in [0.15, 0.2) is 54.6 Å². The van der Waals surface area contributed by atoms with E-state index in [-0.39, 0.29) is 34.9 Å². The highest BCUT2D eigenvalue weighted by atomic mass is 19.4. The molecule has 2 aromatic carbocycles. The van der Waals surface area contributed by atoms with Gasteiger partial charge in [0, 0.05) is 16.8 Å². The summed E-state index contributed by atoms with van der Waals surface area (Å²) in [4.78, 5) is 8.11. The number of hydrogen-bond acceptors (Lipinski definition) is 2. The SMILES string of the molecule is [NH-]Cc1cc(-c2ccc(C(F)(F)F)cc2)nc(-c2ccccc2C(F)(F)F)n1. The van der Waals surface area contributed by atoms with Gasteiger partial charge in [-0.25, -0.2) is 9.97 Å². The molecule has 0 saturated heterocycles. The Labute approximate surface area is 155 Å². The smallest absolute Gasteiger partial charge is 0.417 e. The summed E-state index contributed by atoms with van der Waals surface area (Å²) in [5.74, 6) is -0.243. The minimum atomic E-state index is -4.63. The Kier molecular flexibility index (Phi) is 5.12. The van der Waals surface area contributed by atoms with Crippen molar-refractivity contribution in [3.63, 3.8) is 0 Å². The van der Waals surface area contributed by atoms with Gasteiger partial charge in [0.05, 0.1) is 16.8 Å². The van der Waals surface area contributed by atoms with Crippen molar-refractivity contribution in [2.24, 2.45) is 0 Å². The van der Waals surface area contributed by atoms with Gasteiger partial charge in [-0.1, -0.05) is 30.3 Å². The Hall–Kier alpha value is -2.94. The summed E-state index contributed by atoms with van der Waals surface area (Å²) >= 11 is 0. The predicted molar refractivity (Wildman–Crippen MR) is 90.9 cm³/mol. The number of benzene rings is 2. The summed E-state index contributed by atoms with van der Waals surface area (Å²) in [6, 6.07) is 10.2. The monoisotopic (exact) mass is 396 g/mol. The van der Waals surface area contributed by atoms with Gasteiger partial charge in [-0.3, -0.25) is 0 Å². The summed E-state index contributed by atoms with van der Waals surface area (Å²) < 4.78 is 78.1. The van der Waals surface area contributed by atoms with E-state index < -0.39 is 23.5 Å². The summed E-state index contributed by atoms with van der Waals surface area (Å²) in [7, 11) is 0. The fraction of sp³-hybridized carbons (Fsp3) is 0.158. The molecule has 1 N–H and O–H groups in total. The molecule has 3 aromatic rings. The van der Waals surface area contributed by atoms with E-state index in [1.54, 1.807) is 0 Å². The molecule has 146 valence electrons.